The molecule has 0 amide bonds. The average Bonchev–Trinajstić information content (AvgIpc) is 2.97. The van der Waals surface area contributed by atoms with Crippen molar-refractivity contribution < 1.29 is 22.0 Å². The van der Waals surface area contributed by atoms with Crippen LogP contribution in [-0.4, -0.2) is 29.0 Å². The molecule has 162 valence electrons. The van der Waals surface area contributed by atoms with Crippen molar-refractivity contribution in [1.29, 1.82) is 0 Å². The number of aryl methyl sites for hydroxylation is 1. The summed E-state index contributed by atoms with van der Waals surface area (Å²) in [6.07, 6.45) is 3.56. The first kappa shape index (κ1) is 21.1. The van der Waals surface area contributed by atoms with Gasteiger partial charge in [-0.3, -0.25) is 9.52 Å². The molecule has 1 aliphatic rings. The molecule has 0 saturated carbocycles. The maximum Gasteiger partial charge on any atom is 0.262 e. The number of nitrogens with one attached hydrogen (secondary N) is 1. The van der Waals surface area contributed by atoms with Crippen LogP contribution in [0.3, 0.4) is 0 Å². The third-order valence-electron chi connectivity index (χ3n) is 5.20. The highest BCUT2D eigenvalue weighted by Gasteiger charge is 2.23. The lowest BCUT2D eigenvalue weighted by Gasteiger charge is -2.13. The number of nitrogens with zero attached hydrogens (tertiary/aromatic N) is 3. The number of aromatic nitrogens is 3. The number of anilines is 1. The van der Waals surface area contributed by atoms with Crippen LogP contribution in [0.15, 0.2) is 41.3 Å². The molecule has 0 saturated heterocycles. The number of benzene rings is 2. The summed E-state index contributed by atoms with van der Waals surface area (Å²) < 4.78 is 58.6. The maximum absolute atomic E-state index is 14.6. The molecule has 1 aromatic heterocycles. The smallest absolute Gasteiger partial charge is 0.262 e. The second-order valence-electron chi connectivity index (χ2n) is 7.40. The zero-order chi connectivity index (χ0) is 22.2. The largest absolute Gasteiger partial charge is 0.311 e. The summed E-state index contributed by atoms with van der Waals surface area (Å²) >= 11 is 0. The maximum atomic E-state index is 14.6. The van der Waals surface area contributed by atoms with Crippen LogP contribution in [0.25, 0.3) is 11.4 Å². The first-order valence-electron chi connectivity index (χ1n) is 9.81. The van der Waals surface area contributed by atoms with Crippen LogP contribution >= 0.6 is 0 Å². The van der Waals surface area contributed by atoms with Gasteiger partial charge >= 0.3 is 0 Å². The number of carbonyl (C=O) groups excluding carboxylic acids is 1. The van der Waals surface area contributed by atoms with E-state index in [1.54, 1.807) is 4.57 Å². The summed E-state index contributed by atoms with van der Waals surface area (Å²) in [5, 5.41) is 8.18. The second kappa shape index (κ2) is 8.18. The molecule has 0 unspecified atom stereocenters. The van der Waals surface area contributed by atoms with Gasteiger partial charge in [0.1, 0.15) is 17.5 Å². The molecule has 2 aromatic carbocycles. The lowest BCUT2D eigenvalue weighted by molar-refractivity contribution is 0.101. The molecule has 0 atom stereocenters. The van der Waals surface area contributed by atoms with Crippen LogP contribution < -0.4 is 4.72 Å². The number of Topliss-reactive ketones (excluding diaryl/α,β-unsaturated/α-hetero) is 1. The Morgan fingerprint density at radius 1 is 1.06 bits per heavy atom. The molecule has 3 aromatic rings. The Balaban J connectivity index is 1.73. The number of sulfonamides is 1. The highest BCUT2D eigenvalue weighted by Crippen LogP contribution is 2.30. The molecule has 0 bridgehead atoms. The Morgan fingerprint density at radius 2 is 1.87 bits per heavy atom. The Hall–Kier alpha value is -3.14. The second-order valence-corrected chi connectivity index (χ2v) is 9.09. The van der Waals surface area contributed by atoms with E-state index in [9.17, 15) is 22.0 Å². The highest BCUT2D eigenvalue weighted by molar-refractivity contribution is 7.92. The van der Waals surface area contributed by atoms with E-state index in [1.807, 2.05) is 0 Å². The van der Waals surface area contributed by atoms with E-state index in [2.05, 4.69) is 14.9 Å². The van der Waals surface area contributed by atoms with Crippen LogP contribution in [-0.2, 0) is 23.0 Å². The molecule has 2 heterocycles. The Kier molecular flexibility index (Phi) is 5.57. The fourth-order valence-electron chi connectivity index (χ4n) is 3.57. The minimum Gasteiger partial charge on any atom is -0.311 e. The van der Waals surface area contributed by atoms with Crippen LogP contribution in [0, 0.1) is 11.6 Å². The summed E-state index contributed by atoms with van der Waals surface area (Å²) in [6.45, 7) is 1.92. The van der Waals surface area contributed by atoms with Gasteiger partial charge in [0.2, 0.25) is 0 Å². The third kappa shape index (κ3) is 4.20. The van der Waals surface area contributed by atoms with Crippen LogP contribution in [0.1, 0.15) is 42.4 Å². The quantitative estimate of drug-likeness (QED) is 0.599. The van der Waals surface area contributed by atoms with Gasteiger partial charge in [0.25, 0.3) is 10.0 Å². The van der Waals surface area contributed by atoms with Gasteiger partial charge in [0.15, 0.2) is 11.6 Å². The van der Waals surface area contributed by atoms with E-state index in [1.165, 1.54) is 31.2 Å². The number of carbonyl (C=O) groups is 1. The van der Waals surface area contributed by atoms with Gasteiger partial charge in [-0.15, -0.1) is 10.2 Å². The molecule has 0 aliphatic carbocycles. The monoisotopic (exact) mass is 446 g/mol. The molecule has 10 heteroatoms. The summed E-state index contributed by atoms with van der Waals surface area (Å²) in [5.41, 5.74) is -0.262. The van der Waals surface area contributed by atoms with Crippen molar-refractivity contribution >= 4 is 21.5 Å². The van der Waals surface area contributed by atoms with Gasteiger partial charge in [0.05, 0.1) is 16.1 Å². The van der Waals surface area contributed by atoms with Gasteiger partial charge in [-0.2, -0.15) is 0 Å². The first-order chi connectivity index (χ1) is 14.8. The molecular formula is C21H20F2N4O3S. The summed E-state index contributed by atoms with van der Waals surface area (Å²) in [6, 6.07) is 7.09. The molecule has 0 spiro atoms. The molecule has 7 nitrogen and oxygen atoms in total. The van der Waals surface area contributed by atoms with Gasteiger partial charge in [-0.1, -0.05) is 18.6 Å². The molecule has 4 rings (SSSR count). The van der Waals surface area contributed by atoms with Gasteiger partial charge in [-0.05, 0) is 38.0 Å². The minimum atomic E-state index is -4.22. The Morgan fingerprint density at radius 3 is 2.65 bits per heavy atom. The number of ketones is 1. The number of hydrogen-bond donors (Lipinski definition) is 1. The fraction of sp³-hybridized carbons (Fsp3) is 0.286. The minimum absolute atomic E-state index is 0.0442. The van der Waals surface area contributed by atoms with E-state index in [-0.39, 0.29) is 27.6 Å². The zero-order valence-electron chi connectivity index (χ0n) is 16.7. The summed E-state index contributed by atoms with van der Waals surface area (Å²) in [5.74, 6) is -1.28. The van der Waals surface area contributed by atoms with Gasteiger partial charge in [0, 0.05) is 24.6 Å². The number of halogens is 2. The van der Waals surface area contributed by atoms with Crippen LogP contribution in [0.2, 0.25) is 0 Å². The summed E-state index contributed by atoms with van der Waals surface area (Å²) in [7, 11) is -4.22. The molecule has 1 aliphatic heterocycles. The SMILES string of the molecule is CC(=O)c1cccc(S(=O)(=O)Nc2cc(-c3nnc4n3CCCCC4)c(F)cc2F)c1. The predicted molar refractivity (Wildman–Crippen MR) is 110 cm³/mol. The van der Waals surface area contributed by atoms with Crippen LogP contribution in [0.5, 0.6) is 0 Å². The lowest BCUT2D eigenvalue weighted by Crippen LogP contribution is -2.15. The van der Waals surface area contributed by atoms with E-state index in [0.29, 0.717) is 19.0 Å². The normalized spacial score (nSPS) is 14.0. The summed E-state index contributed by atoms with van der Waals surface area (Å²) in [4.78, 5) is 11.4. The number of fused-ring (bicyclic) bond motifs is 1. The van der Waals surface area contributed by atoms with E-state index >= 15 is 0 Å². The lowest BCUT2D eigenvalue weighted by atomic mass is 10.1. The molecule has 1 N–H and O–H groups in total. The van der Waals surface area contributed by atoms with Crippen molar-refractivity contribution in [3.8, 4) is 11.4 Å². The first-order valence-corrected chi connectivity index (χ1v) is 11.3. The van der Waals surface area contributed by atoms with E-state index in [0.717, 1.165) is 31.2 Å². The standard InChI is InChI=1S/C21H20F2N4O3S/c1-13(28)14-6-5-7-15(10-14)31(29,30)26-19-11-16(17(22)12-18(19)23)21-25-24-20-8-3-2-4-9-27(20)21/h5-7,10-12,26H,2-4,8-9H2,1H3. The average molecular weight is 446 g/mol. The molecular weight excluding hydrogens is 426 g/mol. The topological polar surface area (TPSA) is 93.9 Å². The van der Waals surface area contributed by atoms with Crippen molar-refractivity contribution in [3.05, 3.63) is 59.4 Å². The van der Waals surface area contributed by atoms with Crippen molar-refractivity contribution in [3.63, 3.8) is 0 Å². The van der Waals surface area contributed by atoms with E-state index < -0.39 is 27.3 Å². The molecule has 31 heavy (non-hydrogen) atoms. The Labute approximate surface area is 178 Å². The predicted octanol–water partition coefficient (Wildman–Crippen LogP) is 3.95. The van der Waals surface area contributed by atoms with Gasteiger partial charge in [-0.25, -0.2) is 17.2 Å². The zero-order valence-corrected chi connectivity index (χ0v) is 17.5. The fourth-order valence-corrected chi connectivity index (χ4v) is 4.67. The van der Waals surface area contributed by atoms with Crippen LogP contribution in [0.4, 0.5) is 14.5 Å². The van der Waals surface area contributed by atoms with Crippen molar-refractivity contribution in [2.75, 3.05) is 4.72 Å². The molecule has 0 fully saturated rings. The van der Waals surface area contributed by atoms with Crippen molar-refractivity contribution in [2.45, 2.75) is 44.0 Å². The van der Waals surface area contributed by atoms with Crippen molar-refractivity contribution in [2.24, 2.45) is 0 Å². The van der Waals surface area contributed by atoms with Crippen molar-refractivity contribution in [1.82, 2.24) is 14.8 Å². The Bertz CT molecular complexity index is 1270. The number of hydrogen-bond acceptors (Lipinski definition) is 5. The van der Waals surface area contributed by atoms with Gasteiger partial charge < -0.3 is 4.57 Å². The highest BCUT2D eigenvalue weighted by atomic mass is 32.2. The van der Waals surface area contributed by atoms with E-state index in [4.69, 9.17) is 0 Å². The third-order valence-corrected chi connectivity index (χ3v) is 6.57. The molecule has 0 radical (unpaired) electrons. The number of rotatable bonds is 5.